The molecule has 4 rings (SSSR count). The number of amides is 1. The molecular weight excluding hydrogens is 374 g/mol. The quantitative estimate of drug-likeness (QED) is 0.833. The summed E-state index contributed by atoms with van der Waals surface area (Å²) in [7, 11) is 1.76. The van der Waals surface area contributed by atoms with Crippen LogP contribution in [-0.4, -0.2) is 60.8 Å². The van der Waals surface area contributed by atoms with Gasteiger partial charge >= 0.3 is 0 Å². The zero-order valence-corrected chi connectivity index (χ0v) is 17.3. The van der Waals surface area contributed by atoms with Crippen molar-refractivity contribution in [2.45, 2.75) is 37.9 Å². The van der Waals surface area contributed by atoms with Gasteiger partial charge in [0.05, 0.1) is 23.4 Å². The maximum Gasteiger partial charge on any atom is 0.238 e. The van der Waals surface area contributed by atoms with Gasteiger partial charge in [0.15, 0.2) is 0 Å². The van der Waals surface area contributed by atoms with E-state index in [0.29, 0.717) is 6.54 Å². The normalized spacial score (nSPS) is 25.3. The molecule has 0 unspecified atom stereocenters. The fourth-order valence-electron chi connectivity index (χ4n) is 4.34. The second kappa shape index (κ2) is 8.29. The Hall–Kier alpha value is -1.80. The molecule has 3 heterocycles. The van der Waals surface area contributed by atoms with Gasteiger partial charge in [0.25, 0.3) is 0 Å². The van der Waals surface area contributed by atoms with Gasteiger partial charge < -0.3 is 14.8 Å². The zero-order valence-electron chi connectivity index (χ0n) is 16.4. The van der Waals surface area contributed by atoms with E-state index >= 15 is 0 Å². The van der Waals surface area contributed by atoms with Crippen molar-refractivity contribution in [1.82, 2.24) is 9.88 Å². The minimum atomic E-state index is -0.254. The molecule has 2 aliphatic heterocycles. The van der Waals surface area contributed by atoms with Crippen LogP contribution in [0.15, 0.2) is 29.6 Å². The maximum absolute atomic E-state index is 12.6. The first-order valence-corrected chi connectivity index (χ1v) is 10.7. The standard InChI is InChI=1S/C21H27N3O3S/c1-15-22-18(13-28-15)16-5-3-6-17(11-16)23-20(25)12-24-9-7-19(26-2)21(14-24)8-4-10-27-21/h3,5-6,11,13,19H,4,7-10,12,14H2,1-2H3,(H,23,25)/t19-,21+/m1/s1. The van der Waals surface area contributed by atoms with Crippen LogP contribution in [0, 0.1) is 6.92 Å². The van der Waals surface area contributed by atoms with Crippen LogP contribution in [0.5, 0.6) is 0 Å². The number of benzene rings is 1. The van der Waals surface area contributed by atoms with Gasteiger partial charge in [0, 0.05) is 43.4 Å². The number of hydrogen-bond acceptors (Lipinski definition) is 6. The van der Waals surface area contributed by atoms with Crippen molar-refractivity contribution in [2.24, 2.45) is 0 Å². The van der Waals surface area contributed by atoms with Crippen LogP contribution < -0.4 is 5.32 Å². The van der Waals surface area contributed by atoms with Crippen LogP contribution in [-0.2, 0) is 14.3 Å². The highest BCUT2D eigenvalue weighted by Gasteiger charge is 2.47. The van der Waals surface area contributed by atoms with Crippen molar-refractivity contribution in [3.8, 4) is 11.3 Å². The second-order valence-corrected chi connectivity index (χ2v) is 8.68. The Labute approximate surface area is 169 Å². The number of nitrogens with one attached hydrogen (secondary N) is 1. The number of carbonyl (C=O) groups excluding carboxylic acids is 1. The van der Waals surface area contributed by atoms with E-state index in [2.05, 4.69) is 15.2 Å². The van der Waals surface area contributed by atoms with Crippen molar-refractivity contribution in [1.29, 1.82) is 0 Å². The van der Waals surface area contributed by atoms with Gasteiger partial charge in [-0.3, -0.25) is 9.69 Å². The highest BCUT2D eigenvalue weighted by Crippen LogP contribution is 2.36. The number of aromatic nitrogens is 1. The molecule has 2 fully saturated rings. The Morgan fingerprint density at radius 2 is 2.39 bits per heavy atom. The van der Waals surface area contributed by atoms with Crippen LogP contribution >= 0.6 is 11.3 Å². The molecule has 1 aromatic heterocycles. The van der Waals surface area contributed by atoms with Crippen LogP contribution in [0.1, 0.15) is 24.3 Å². The van der Waals surface area contributed by atoms with Gasteiger partial charge in [0.2, 0.25) is 5.91 Å². The summed E-state index contributed by atoms with van der Waals surface area (Å²) in [5.74, 6) is -0.00405. The lowest BCUT2D eigenvalue weighted by atomic mass is 9.87. The molecule has 1 amide bonds. The minimum Gasteiger partial charge on any atom is -0.378 e. The number of nitrogens with zero attached hydrogens (tertiary/aromatic N) is 2. The fourth-order valence-corrected chi connectivity index (χ4v) is 4.97. The third-order valence-electron chi connectivity index (χ3n) is 5.63. The van der Waals surface area contributed by atoms with E-state index in [1.165, 1.54) is 0 Å². The Morgan fingerprint density at radius 1 is 1.50 bits per heavy atom. The summed E-state index contributed by atoms with van der Waals surface area (Å²) >= 11 is 1.63. The van der Waals surface area contributed by atoms with E-state index in [4.69, 9.17) is 9.47 Å². The monoisotopic (exact) mass is 401 g/mol. The van der Waals surface area contributed by atoms with Crippen molar-refractivity contribution in [3.05, 3.63) is 34.7 Å². The summed E-state index contributed by atoms with van der Waals surface area (Å²) in [4.78, 5) is 19.4. The molecule has 0 radical (unpaired) electrons. The molecule has 0 aliphatic carbocycles. The minimum absolute atomic E-state index is 0.00405. The average Bonchev–Trinajstić information content (AvgIpc) is 3.32. The zero-order chi connectivity index (χ0) is 19.6. The lowest BCUT2D eigenvalue weighted by Crippen LogP contribution is -2.58. The number of methoxy groups -OCH3 is 1. The Balaban J connectivity index is 1.38. The molecule has 2 atom stereocenters. The summed E-state index contributed by atoms with van der Waals surface area (Å²) in [6.45, 7) is 4.73. The van der Waals surface area contributed by atoms with Crippen LogP contribution in [0.25, 0.3) is 11.3 Å². The Bertz CT molecular complexity index is 832. The van der Waals surface area contributed by atoms with Gasteiger partial charge in [-0.1, -0.05) is 12.1 Å². The number of likely N-dealkylation sites (tertiary alicyclic amines) is 1. The first kappa shape index (κ1) is 19.5. The molecule has 2 aromatic rings. The smallest absolute Gasteiger partial charge is 0.238 e. The number of carbonyl (C=O) groups is 1. The first-order valence-electron chi connectivity index (χ1n) is 9.79. The van der Waals surface area contributed by atoms with E-state index in [9.17, 15) is 4.79 Å². The lowest BCUT2D eigenvalue weighted by molar-refractivity contribution is -0.146. The first-order chi connectivity index (χ1) is 13.6. The lowest BCUT2D eigenvalue weighted by Gasteiger charge is -2.44. The highest BCUT2D eigenvalue weighted by atomic mass is 32.1. The maximum atomic E-state index is 12.6. The topological polar surface area (TPSA) is 63.7 Å². The summed E-state index contributed by atoms with van der Waals surface area (Å²) in [5.41, 5.74) is 2.50. The molecule has 28 heavy (non-hydrogen) atoms. The molecule has 6 nitrogen and oxygen atoms in total. The van der Waals surface area contributed by atoms with Crippen molar-refractivity contribution in [3.63, 3.8) is 0 Å². The highest BCUT2D eigenvalue weighted by molar-refractivity contribution is 7.09. The molecule has 2 aliphatic rings. The molecule has 1 aromatic carbocycles. The van der Waals surface area contributed by atoms with Gasteiger partial charge in [0.1, 0.15) is 5.60 Å². The summed E-state index contributed by atoms with van der Waals surface area (Å²) in [6, 6.07) is 7.86. The number of rotatable bonds is 5. The number of piperidine rings is 1. The van der Waals surface area contributed by atoms with Crippen molar-refractivity contribution >= 4 is 22.9 Å². The molecule has 150 valence electrons. The second-order valence-electron chi connectivity index (χ2n) is 7.62. The van der Waals surface area contributed by atoms with Gasteiger partial charge in [-0.2, -0.15) is 0 Å². The van der Waals surface area contributed by atoms with E-state index in [0.717, 1.165) is 60.9 Å². The SMILES string of the molecule is CO[C@@H]1CCN(CC(=O)Nc2cccc(-c3csc(C)n3)c2)C[C@@]12CCCO2. The largest absolute Gasteiger partial charge is 0.378 e. The molecule has 0 saturated carbocycles. The number of hydrogen-bond donors (Lipinski definition) is 1. The predicted molar refractivity (Wildman–Crippen MR) is 111 cm³/mol. The third kappa shape index (κ3) is 4.12. The van der Waals surface area contributed by atoms with Crippen LogP contribution in [0.4, 0.5) is 5.69 Å². The molecule has 7 heteroatoms. The number of ether oxygens (including phenoxy) is 2. The molecule has 1 N–H and O–H groups in total. The summed E-state index contributed by atoms with van der Waals surface area (Å²) in [5, 5.41) is 6.11. The van der Waals surface area contributed by atoms with E-state index in [1.54, 1.807) is 18.4 Å². The molecule has 0 bridgehead atoms. The van der Waals surface area contributed by atoms with Crippen molar-refractivity contribution < 1.29 is 14.3 Å². The molecule has 1 spiro atoms. The van der Waals surface area contributed by atoms with Gasteiger partial charge in [-0.25, -0.2) is 4.98 Å². The number of aryl methyl sites for hydroxylation is 1. The summed E-state index contributed by atoms with van der Waals surface area (Å²) < 4.78 is 11.8. The molecular formula is C21H27N3O3S. The van der Waals surface area contributed by atoms with E-state index in [-0.39, 0.29) is 17.6 Å². The van der Waals surface area contributed by atoms with Crippen LogP contribution in [0.2, 0.25) is 0 Å². The van der Waals surface area contributed by atoms with E-state index < -0.39 is 0 Å². The van der Waals surface area contributed by atoms with Crippen LogP contribution in [0.3, 0.4) is 0 Å². The van der Waals surface area contributed by atoms with Gasteiger partial charge in [-0.05, 0) is 38.3 Å². The molecule has 2 saturated heterocycles. The third-order valence-corrected chi connectivity index (χ3v) is 6.41. The summed E-state index contributed by atoms with van der Waals surface area (Å²) in [6.07, 6.45) is 3.07. The Morgan fingerprint density at radius 3 is 3.11 bits per heavy atom. The number of thiazole rings is 1. The Kier molecular flexibility index (Phi) is 5.78. The number of anilines is 1. The van der Waals surface area contributed by atoms with Crippen molar-refractivity contribution in [2.75, 3.05) is 38.7 Å². The predicted octanol–water partition coefficient (Wildman–Crippen LogP) is 3.33. The fraction of sp³-hybridized carbons (Fsp3) is 0.524. The average molecular weight is 402 g/mol. The van der Waals surface area contributed by atoms with E-state index in [1.807, 2.05) is 36.6 Å². The van der Waals surface area contributed by atoms with Gasteiger partial charge in [-0.15, -0.1) is 11.3 Å².